The lowest BCUT2D eigenvalue weighted by Crippen LogP contribution is -2.44. The summed E-state index contributed by atoms with van der Waals surface area (Å²) in [7, 11) is -3.91. The second kappa shape index (κ2) is 7.27. The molecule has 23 heavy (non-hydrogen) atoms. The van der Waals surface area contributed by atoms with Gasteiger partial charge in [0.2, 0.25) is 10.0 Å². The van der Waals surface area contributed by atoms with Gasteiger partial charge < -0.3 is 4.74 Å². The maximum Gasteiger partial charge on any atom is 0.246 e. The second-order valence-electron chi connectivity index (χ2n) is 5.80. The molecule has 0 aromatic heterocycles. The minimum absolute atomic E-state index is 0.106. The number of benzene rings is 1. The van der Waals surface area contributed by atoms with Crippen LogP contribution in [0, 0.1) is 5.82 Å². The molecule has 0 amide bonds. The van der Waals surface area contributed by atoms with E-state index in [2.05, 4.69) is 0 Å². The molecule has 8 heteroatoms. The first-order chi connectivity index (χ1) is 11.0. The van der Waals surface area contributed by atoms with Crippen molar-refractivity contribution in [2.24, 2.45) is 0 Å². The van der Waals surface area contributed by atoms with Crippen LogP contribution in [0.2, 0.25) is 5.02 Å². The van der Waals surface area contributed by atoms with E-state index in [4.69, 9.17) is 16.3 Å². The fraction of sp³-hybridized carbons (Fsp3) is 0.600. The van der Waals surface area contributed by atoms with Crippen LogP contribution >= 0.6 is 23.4 Å². The van der Waals surface area contributed by atoms with Gasteiger partial charge in [0.05, 0.1) is 6.10 Å². The van der Waals surface area contributed by atoms with Crippen molar-refractivity contribution < 1.29 is 17.5 Å². The molecule has 0 radical (unpaired) electrons. The smallest absolute Gasteiger partial charge is 0.246 e. The first kappa shape index (κ1) is 17.5. The van der Waals surface area contributed by atoms with Crippen molar-refractivity contribution in [3.8, 4) is 0 Å². The Bertz CT molecular complexity index is 659. The summed E-state index contributed by atoms with van der Waals surface area (Å²) in [4.78, 5) is -0.309. The predicted molar refractivity (Wildman–Crippen MR) is 90.0 cm³/mol. The van der Waals surface area contributed by atoms with Gasteiger partial charge in [-0.25, -0.2) is 12.8 Å². The number of hydrogen-bond donors (Lipinski definition) is 0. The Hall–Kier alpha value is -0.340. The highest BCUT2D eigenvalue weighted by Gasteiger charge is 2.37. The normalized spacial score (nSPS) is 25.3. The first-order valence-corrected chi connectivity index (χ1v) is 10.6. The standard InChI is InChI=1S/C15H19ClFNO3S2/c16-11-3-4-15(14(17)8-11)23(19,20)18(12-5-7-22-10-12)9-13-2-1-6-21-13/h3-4,8,12-13H,1-2,5-7,9-10H2. The van der Waals surface area contributed by atoms with Gasteiger partial charge in [0, 0.05) is 30.0 Å². The Kier molecular flexibility index (Phi) is 5.53. The van der Waals surface area contributed by atoms with E-state index >= 15 is 0 Å². The maximum absolute atomic E-state index is 14.2. The van der Waals surface area contributed by atoms with Crippen LogP contribution in [0.15, 0.2) is 23.1 Å². The summed E-state index contributed by atoms with van der Waals surface area (Å²) in [5, 5.41) is 0.184. The molecule has 2 aliphatic heterocycles. The van der Waals surface area contributed by atoms with E-state index in [1.807, 2.05) is 0 Å². The summed E-state index contributed by atoms with van der Waals surface area (Å²) in [6.07, 6.45) is 2.46. The SMILES string of the molecule is O=S(=O)(c1ccc(Cl)cc1F)N(CC1CCCO1)C1CCSC1. The molecule has 0 saturated carbocycles. The van der Waals surface area contributed by atoms with E-state index in [0.717, 1.165) is 36.8 Å². The lowest BCUT2D eigenvalue weighted by molar-refractivity contribution is 0.0876. The molecule has 0 spiro atoms. The van der Waals surface area contributed by atoms with Crippen molar-refractivity contribution in [1.29, 1.82) is 0 Å². The number of sulfonamides is 1. The third kappa shape index (κ3) is 3.85. The molecule has 2 aliphatic rings. The third-order valence-corrected chi connectivity index (χ3v) is 7.53. The van der Waals surface area contributed by atoms with Crippen LogP contribution in [-0.2, 0) is 14.8 Å². The Morgan fingerprint density at radius 3 is 2.83 bits per heavy atom. The van der Waals surface area contributed by atoms with Gasteiger partial charge in [-0.3, -0.25) is 0 Å². The third-order valence-electron chi connectivity index (χ3n) is 4.20. The van der Waals surface area contributed by atoms with Gasteiger partial charge in [-0.2, -0.15) is 16.1 Å². The van der Waals surface area contributed by atoms with Gasteiger partial charge in [-0.1, -0.05) is 11.6 Å². The summed E-state index contributed by atoms with van der Waals surface area (Å²) < 4.78 is 47.3. The van der Waals surface area contributed by atoms with Gasteiger partial charge >= 0.3 is 0 Å². The highest BCUT2D eigenvalue weighted by molar-refractivity contribution is 7.99. The van der Waals surface area contributed by atoms with Gasteiger partial charge in [0.25, 0.3) is 0 Å². The quantitative estimate of drug-likeness (QED) is 0.788. The molecule has 2 fully saturated rings. The summed E-state index contributed by atoms with van der Waals surface area (Å²) in [5.74, 6) is 0.854. The molecule has 0 bridgehead atoms. The first-order valence-electron chi connectivity index (χ1n) is 7.65. The molecular weight excluding hydrogens is 361 g/mol. The molecule has 2 unspecified atom stereocenters. The molecule has 0 N–H and O–H groups in total. The van der Waals surface area contributed by atoms with Crippen molar-refractivity contribution in [2.45, 2.75) is 36.3 Å². The average molecular weight is 380 g/mol. The second-order valence-corrected chi connectivity index (χ2v) is 9.25. The monoisotopic (exact) mass is 379 g/mol. The van der Waals surface area contributed by atoms with E-state index in [9.17, 15) is 12.8 Å². The van der Waals surface area contributed by atoms with Crippen LogP contribution in [0.3, 0.4) is 0 Å². The number of ether oxygens (including phenoxy) is 1. The van der Waals surface area contributed by atoms with Crippen LogP contribution in [-0.4, -0.2) is 49.5 Å². The summed E-state index contributed by atoms with van der Waals surface area (Å²) in [5.41, 5.74) is 0. The minimum Gasteiger partial charge on any atom is -0.377 e. The Labute approximate surface area is 145 Å². The lowest BCUT2D eigenvalue weighted by Gasteiger charge is -2.29. The summed E-state index contributed by atoms with van der Waals surface area (Å²) >= 11 is 7.46. The van der Waals surface area contributed by atoms with Gasteiger partial charge in [-0.15, -0.1) is 0 Å². The van der Waals surface area contributed by atoms with Crippen molar-refractivity contribution in [1.82, 2.24) is 4.31 Å². The minimum atomic E-state index is -3.91. The largest absolute Gasteiger partial charge is 0.377 e. The highest BCUT2D eigenvalue weighted by Crippen LogP contribution is 2.31. The molecule has 128 valence electrons. The fourth-order valence-corrected chi connectivity index (χ4v) is 6.20. The Morgan fingerprint density at radius 1 is 1.39 bits per heavy atom. The molecule has 3 rings (SSSR count). The number of nitrogens with zero attached hydrogens (tertiary/aromatic N) is 1. The Balaban J connectivity index is 1.92. The maximum atomic E-state index is 14.2. The van der Waals surface area contributed by atoms with E-state index in [1.54, 1.807) is 11.8 Å². The van der Waals surface area contributed by atoms with E-state index in [1.165, 1.54) is 16.4 Å². The van der Waals surface area contributed by atoms with Crippen LogP contribution in [0.25, 0.3) is 0 Å². The van der Waals surface area contributed by atoms with Gasteiger partial charge in [0.1, 0.15) is 10.7 Å². The number of rotatable bonds is 5. The lowest BCUT2D eigenvalue weighted by atomic mass is 10.2. The molecule has 0 aliphatic carbocycles. The summed E-state index contributed by atoms with van der Waals surface area (Å²) in [6.45, 7) is 0.947. The molecule has 2 atom stereocenters. The zero-order valence-corrected chi connectivity index (χ0v) is 15.0. The van der Waals surface area contributed by atoms with Crippen LogP contribution in [0.4, 0.5) is 4.39 Å². The summed E-state index contributed by atoms with van der Waals surface area (Å²) in [6, 6.07) is 3.59. The van der Waals surface area contributed by atoms with Gasteiger partial charge in [-0.05, 0) is 43.2 Å². The molecule has 4 nitrogen and oxygen atoms in total. The molecule has 1 aromatic rings. The molecule has 1 aromatic carbocycles. The number of halogens is 2. The van der Waals surface area contributed by atoms with Crippen molar-refractivity contribution >= 4 is 33.4 Å². The molecule has 2 saturated heterocycles. The Morgan fingerprint density at radius 2 is 2.22 bits per heavy atom. The van der Waals surface area contributed by atoms with E-state index in [0.29, 0.717) is 6.61 Å². The predicted octanol–water partition coefficient (Wildman–Crippen LogP) is 3.15. The van der Waals surface area contributed by atoms with E-state index < -0.39 is 15.8 Å². The molecule has 2 heterocycles. The fourth-order valence-electron chi connectivity index (χ4n) is 2.99. The van der Waals surface area contributed by atoms with Gasteiger partial charge in [0.15, 0.2) is 0 Å². The van der Waals surface area contributed by atoms with Crippen molar-refractivity contribution in [3.63, 3.8) is 0 Å². The van der Waals surface area contributed by atoms with Crippen LogP contribution in [0.1, 0.15) is 19.3 Å². The van der Waals surface area contributed by atoms with Crippen LogP contribution < -0.4 is 0 Å². The molecular formula is C15H19ClFNO3S2. The number of thioether (sulfide) groups is 1. The topological polar surface area (TPSA) is 46.6 Å². The zero-order valence-electron chi connectivity index (χ0n) is 12.6. The van der Waals surface area contributed by atoms with Crippen molar-refractivity contribution in [3.05, 3.63) is 29.0 Å². The van der Waals surface area contributed by atoms with Crippen molar-refractivity contribution in [2.75, 3.05) is 24.7 Å². The van der Waals surface area contributed by atoms with E-state index in [-0.39, 0.29) is 28.6 Å². The highest BCUT2D eigenvalue weighted by atomic mass is 35.5. The number of hydrogen-bond acceptors (Lipinski definition) is 4. The van der Waals surface area contributed by atoms with Crippen LogP contribution in [0.5, 0.6) is 0 Å². The zero-order chi connectivity index (χ0) is 16.4. The average Bonchev–Trinajstić information content (AvgIpc) is 3.17.